The third-order valence-corrected chi connectivity index (χ3v) is 8.16. The zero-order chi connectivity index (χ0) is 38.0. The van der Waals surface area contributed by atoms with Crippen LogP contribution in [0.2, 0.25) is 0 Å². The molecule has 0 aliphatic rings. The molecule has 14 heteroatoms. The summed E-state index contributed by atoms with van der Waals surface area (Å²) in [6.07, 6.45) is -8.22. The van der Waals surface area contributed by atoms with E-state index in [4.69, 9.17) is 28.4 Å². The second-order valence-electron chi connectivity index (χ2n) is 12.6. The molecule has 0 unspecified atom stereocenters. The summed E-state index contributed by atoms with van der Waals surface area (Å²) in [6, 6.07) is 14.8. The average Bonchev–Trinajstić information content (AvgIpc) is 3.48. The smallest absolute Gasteiger partial charge is 0.462 e. The second kappa shape index (κ2) is 17.7. The molecule has 0 amide bonds. The van der Waals surface area contributed by atoms with Gasteiger partial charge in [0.05, 0.1) is 0 Å². The van der Waals surface area contributed by atoms with Crippen molar-refractivity contribution in [3.05, 3.63) is 82.0 Å². The molecule has 0 aliphatic carbocycles. The highest BCUT2D eigenvalue weighted by molar-refractivity contribution is 7.15. The van der Waals surface area contributed by atoms with E-state index in [1.807, 2.05) is 19.1 Å². The van der Waals surface area contributed by atoms with Crippen molar-refractivity contribution in [1.82, 2.24) is 0 Å². The summed E-state index contributed by atoms with van der Waals surface area (Å²) in [4.78, 5) is 78.0. The van der Waals surface area contributed by atoms with Gasteiger partial charge >= 0.3 is 30.0 Å². The number of Topliss-reactive ketones (excluding diaryl/α,β-unsaturated/α-hetero) is 1. The van der Waals surface area contributed by atoms with Gasteiger partial charge in [-0.2, -0.15) is 0 Å². The Bertz CT molecular complexity index is 1740. The zero-order valence-corrected chi connectivity index (χ0v) is 30.4. The van der Waals surface area contributed by atoms with Crippen molar-refractivity contribution in [2.45, 2.75) is 91.8 Å². The van der Waals surface area contributed by atoms with Gasteiger partial charge in [0.15, 0.2) is 18.3 Å². The molecule has 1 heterocycles. The van der Waals surface area contributed by atoms with Crippen LogP contribution in [0.5, 0.6) is 0 Å². The van der Waals surface area contributed by atoms with E-state index in [2.05, 4.69) is 0 Å². The van der Waals surface area contributed by atoms with Crippen LogP contribution in [-0.4, -0.2) is 72.4 Å². The monoisotopic (exact) mass is 728 g/mol. The maximum Gasteiger partial charge on any atom is 0.509 e. The van der Waals surface area contributed by atoms with Crippen LogP contribution in [0.15, 0.2) is 54.6 Å². The fraction of sp³-hybridized carbons (Fsp3) is 0.405. The normalized spacial score (nSPS) is 13.5. The Hall–Kier alpha value is -5.11. The molecule has 274 valence electrons. The van der Waals surface area contributed by atoms with Gasteiger partial charge in [-0.05, 0) is 74.7 Å². The number of carbonyl (C=O) groups is 6. The Kier molecular flexibility index (Phi) is 14.0. The quantitative estimate of drug-likeness (QED) is 0.104. The summed E-state index contributed by atoms with van der Waals surface area (Å²) >= 11 is 1.49. The van der Waals surface area contributed by atoms with Crippen LogP contribution in [0.1, 0.15) is 74.8 Å². The number of hydrogen-bond acceptors (Lipinski definition) is 13. The molecular formula is C37H41FO12S. The molecule has 0 spiro atoms. The largest absolute Gasteiger partial charge is 0.509 e. The minimum Gasteiger partial charge on any atom is -0.462 e. The van der Waals surface area contributed by atoms with Crippen molar-refractivity contribution in [3.63, 3.8) is 0 Å². The number of carbonyl (C=O) groups excluding carboxylic acids is 6. The van der Waals surface area contributed by atoms with Gasteiger partial charge < -0.3 is 28.4 Å². The molecule has 0 radical (unpaired) electrons. The molecule has 0 saturated heterocycles. The summed E-state index contributed by atoms with van der Waals surface area (Å²) in [5.74, 6) is -4.85. The number of ether oxygens (including phenoxy) is 6. The highest BCUT2D eigenvalue weighted by atomic mass is 32.1. The van der Waals surface area contributed by atoms with Crippen molar-refractivity contribution >= 4 is 47.2 Å². The number of rotatable bonds is 14. The Labute approximate surface area is 299 Å². The van der Waals surface area contributed by atoms with Crippen LogP contribution in [0.25, 0.3) is 10.4 Å². The molecule has 0 aliphatic heterocycles. The minimum absolute atomic E-state index is 0.0560. The van der Waals surface area contributed by atoms with Crippen molar-refractivity contribution < 1.29 is 61.6 Å². The Morgan fingerprint density at radius 1 is 0.745 bits per heavy atom. The first-order valence-corrected chi connectivity index (χ1v) is 16.7. The summed E-state index contributed by atoms with van der Waals surface area (Å²) in [5, 5.41) is 0. The number of ketones is 1. The number of esters is 4. The topological polar surface area (TPSA) is 158 Å². The van der Waals surface area contributed by atoms with Gasteiger partial charge in [0.2, 0.25) is 11.9 Å². The lowest BCUT2D eigenvalue weighted by atomic mass is 9.93. The molecule has 3 aromatic rings. The van der Waals surface area contributed by atoms with Crippen molar-refractivity contribution in [1.29, 1.82) is 0 Å². The Balaban J connectivity index is 2.06. The Morgan fingerprint density at radius 2 is 1.35 bits per heavy atom. The Morgan fingerprint density at radius 3 is 1.92 bits per heavy atom. The average molecular weight is 729 g/mol. The number of hydrogen-bond donors (Lipinski definition) is 0. The predicted molar refractivity (Wildman–Crippen MR) is 182 cm³/mol. The third-order valence-electron chi connectivity index (χ3n) is 7.02. The first kappa shape index (κ1) is 40.3. The van der Waals surface area contributed by atoms with Gasteiger partial charge in [0.25, 0.3) is 0 Å². The summed E-state index contributed by atoms with van der Waals surface area (Å²) in [7, 11) is 0. The molecular weight excluding hydrogens is 687 g/mol. The van der Waals surface area contributed by atoms with E-state index in [0.29, 0.717) is 6.42 Å². The van der Waals surface area contributed by atoms with E-state index in [9.17, 15) is 33.2 Å². The molecule has 0 saturated carbocycles. The lowest BCUT2D eigenvalue weighted by Crippen LogP contribution is -2.55. The van der Waals surface area contributed by atoms with Crippen LogP contribution in [0.4, 0.5) is 9.18 Å². The summed E-state index contributed by atoms with van der Waals surface area (Å²) in [6.45, 7) is 9.94. The van der Waals surface area contributed by atoms with Crippen LogP contribution in [0, 0.1) is 12.7 Å². The van der Waals surface area contributed by atoms with Gasteiger partial charge in [0.1, 0.15) is 18.0 Å². The van der Waals surface area contributed by atoms with Crippen molar-refractivity contribution in [3.8, 4) is 10.4 Å². The van der Waals surface area contributed by atoms with Gasteiger partial charge in [-0.15, -0.1) is 11.3 Å². The molecule has 51 heavy (non-hydrogen) atoms. The molecule has 12 nitrogen and oxygen atoms in total. The number of thiophene rings is 1. The van der Waals surface area contributed by atoms with E-state index in [0.717, 1.165) is 54.1 Å². The first-order valence-electron chi connectivity index (χ1n) is 15.9. The summed E-state index contributed by atoms with van der Waals surface area (Å²) in [5.41, 5.74) is 1.46. The predicted octanol–water partition coefficient (Wildman–Crippen LogP) is 6.31. The van der Waals surface area contributed by atoms with E-state index in [-0.39, 0.29) is 11.4 Å². The van der Waals surface area contributed by atoms with E-state index in [1.165, 1.54) is 29.5 Å². The minimum atomic E-state index is -1.93. The van der Waals surface area contributed by atoms with Crippen LogP contribution >= 0.6 is 11.3 Å². The molecule has 0 fully saturated rings. The molecule has 1 aromatic heterocycles. The van der Waals surface area contributed by atoms with Gasteiger partial charge in [-0.3, -0.25) is 24.0 Å². The molecule has 0 bridgehead atoms. The molecule has 0 N–H and O–H groups in total. The SMILES string of the molecule is CC(=O)OC[C@@H](OC(=O)OC(C)(C)C)[C@@H](OC(C)=O)[C@H](OC(C)=O)[C@@H](OC(C)=O)C(=O)c1ccc(C)c(Cc2ccc(-c3ccc(F)cc3)s2)c1. The molecule has 4 atom stereocenters. The molecule has 3 rings (SSSR count). The molecule has 2 aromatic carbocycles. The van der Waals surface area contributed by atoms with Crippen molar-refractivity contribution in [2.75, 3.05) is 6.61 Å². The maximum absolute atomic E-state index is 14.3. The van der Waals surface area contributed by atoms with Crippen LogP contribution < -0.4 is 0 Å². The standard InChI is InChI=1S/C37H41FO12S/c1-20-9-10-26(17-27(20)18-29-15-16-31(51-29)25-11-13-28(38)14-12-25)32(43)34(47-23(4)41)35(48-24(5)42)33(46-22(3)40)30(19-45-21(2)39)49-36(44)50-37(6,7)8/h9-17,30,33-35H,18-19H2,1-8H3/t30-,33-,34+,35+/m1/s1. The van der Waals surface area contributed by atoms with E-state index >= 15 is 0 Å². The van der Waals surface area contributed by atoms with Gasteiger partial charge in [-0.1, -0.05) is 24.3 Å². The van der Waals surface area contributed by atoms with Crippen molar-refractivity contribution in [2.24, 2.45) is 0 Å². The fourth-order valence-electron chi connectivity index (χ4n) is 4.89. The zero-order valence-electron chi connectivity index (χ0n) is 29.6. The first-order chi connectivity index (χ1) is 23.8. The van der Waals surface area contributed by atoms with Crippen LogP contribution in [-0.2, 0) is 54.0 Å². The van der Waals surface area contributed by atoms with E-state index < -0.39 is 72.4 Å². The fourth-order valence-corrected chi connectivity index (χ4v) is 5.93. The lowest BCUT2D eigenvalue weighted by molar-refractivity contribution is -0.194. The van der Waals surface area contributed by atoms with Crippen LogP contribution in [0.3, 0.4) is 0 Å². The third kappa shape index (κ3) is 12.6. The number of benzene rings is 2. The maximum atomic E-state index is 14.3. The highest BCUT2D eigenvalue weighted by Gasteiger charge is 2.47. The summed E-state index contributed by atoms with van der Waals surface area (Å²) < 4.78 is 45.5. The van der Waals surface area contributed by atoms with Gasteiger partial charge in [-0.25, -0.2) is 9.18 Å². The second-order valence-corrected chi connectivity index (χ2v) is 13.7. The number of halogens is 1. The number of aryl methyl sites for hydroxylation is 1. The lowest BCUT2D eigenvalue weighted by Gasteiger charge is -2.35. The van der Waals surface area contributed by atoms with Gasteiger partial charge in [0, 0.05) is 49.4 Å². The van der Waals surface area contributed by atoms with E-state index in [1.54, 1.807) is 45.0 Å². The highest BCUT2D eigenvalue weighted by Crippen LogP contribution is 2.31.